The number of hydrogen-bond acceptors (Lipinski definition) is 7. The summed E-state index contributed by atoms with van der Waals surface area (Å²) in [5.41, 5.74) is 3.44. The van der Waals surface area contributed by atoms with E-state index in [9.17, 15) is 18.0 Å². The van der Waals surface area contributed by atoms with Crippen molar-refractivity contribution in [2.45, 2.75) is 90.7 Å². The van der Waals surface area contributed by atoms with E-state index < -0.39 is 10.0 Å². The minimum absolute atomic E-state index is 0.0195. The number of rotatable bonds is 5. The zero-order valence-corrected chi connectivity index (χ0v) is 27.9. The normalized spacial score (nSPS) is 21.4. The number of carbonyl (C=O) groups excluding carboxylic acids is 2. The predicted molar refractivity (Wildman–Crippen MR) is 174 cm³/mol. The Morgan fingerprint density at radius 2 is 1.73 bits per heavy atom. The Kier molecular flexibility index (Phi) is 8.95. The highest BCUT2D eigenvalue weighted by Gasteiger charge is 2.42. The van der Waals surface area contributed by atoms with E-state index in [0.29, 0.717) is 25.0 Å². The summed E-state index contributed by atoms with van der Waals surface area (Å²) in [5, 5.41) is 3.08. The first-order chi connectivity index (χ1) is 21.1. The van der Waals surface area contributed by atoms with Crippen molar-refractivity contribution in [1.29, 1.82) is 0 Å². The Morgan fingerprint density at radius 1 is 1.07 bits per heavy atom. The molecule has 2 amide bonds. The summed E-state index contributed by atoms with van der Waals surface area (Å²) < 4.78 is 36.1. The first kappa shape index (κ1) is 32.4. The number of amides is 2. The molecule has 1 aromatic heterocycles. The van der Waals surface area contributed by atoms with Crippen LogP contribution in [0.1, 0.15) is 75.4 Å². The van der Waals surface area contributed by atoms with Crippen molar-refractivity contribution in [3.05, 3.63) is 65.2 Å². The van der Waals surface area contributed by atoms with Crippen molar-refractivity contribution >= 4 is 27.8 Å². The Hall–Kier alpha value is -3.99. The largest absolute Gasteiger partial charge is 0.475 e. The summed E-state index contributed by atoms with van der Waals surface area (Å²) in [6.07, 6.45) is 1.81. The number of aromatic nitrogens is 2. The highest BCUT2D eigenvalue weighted by Crippen LogP contribution is 2.35. The molecule has 1 aliphatic heterocycles. The van der Waals surface area contributed by atoms with Gasteiger partial charge in [-0.15, -0.1) is 0 Å². The first-order valence-electron chi connectivity index (χ1n) is 15.5. The molecular formula is C34H43N5O5S. The SMILES string of the molecule is Cc1cccc(C)c1-c1cc2nc(n1)NS(=O)(=O)c1cccc(c1)C(=O)N(C1CC(NC(=O)C(C)C)C1)[C@H](CC(C)(C)C)CO2. The second-order valence-corrected chi connectivity index (χ2v) is 15.4. The van der Waals surface area contributed by atoms with Crippen molar-refractivity contribution in [2.75, 3.05) is 11.3 Å². The third-order valence-electron chi connectivity index (χ3n) is 8.33. The Balaban J connectivity index is 1.60. The second kappa shape index (κ2) is 12.4. The highest BCUT2D eigenvalue weighted by atomic mass is 32.2. The van der Waals surface area contributed by atoms with E-state index >= 15 is 0 Å². The van der Waals surface area contributed by atoms with Gasteiger partial charge in [0, 0.05) is 35.2 Å². The van der Waals surface area contributed by atoms with Gasteiger partial charge in [-0.25, -0.2) is 18.1 Å². The average Bonchev–Trinajstić information content (AvgIpc) is 2.93. The lowest BCUT2D eigenvalue weighted by Crippen LogP contribution is -2.60. The van der Waals surface area contributed by atoms with Crippen LogP contribution in [0.25, 0.3) is 11.3 Å². The minimum Gasteiger partial charge on any atom is -0.475 e. The van der Waals surface area contributed by atoms with E-state index in [-0.39, 0.29) is 70.2 Å². The molecular weight excluding hydrogens is 590 g/mol. The Labute approximate surface area is 266 Å². The molecule has 0 spiro atoms. The molecule has 1 atom stereocenters. The fourth-order valence-electron chi connectivity index (χ4n) is 6.07. The molecule has 0 unspecified atom stereocenters. The smallest absolute Gasteiger partial charge is 0.264 e. The molecule has 2 aliphatic rings. The number of hydrogen-bond donors (Lipinski definition) is 2. The maximum absolute atomic E-state index is 14.3. The number of nitrogens with one attached hydrogen (secondary N) is 2. The minimum atomic E-state index is -4.15. The first-order valence-corrected chi connectivity index (χ1v) is 16.9. The summed E-state index contributed by atoms with van der Waals surface area (Å²) in [5.74, 6) is -0.352. The van der Waals surface area contributed by atoms with Gasteiger partial charge in [-0.2, -0.15) is 4.98 Å². The molecule has 45 heavy (non-hydrogen) atoms. The molecule has 1 saturated carbocycles. The Bertz CT molecular complexity index is 1690. The molecule has 2 N–H and O–H groups in total. The van der Waals surface area contributed by atoms with Gasteiger partial charge in [0.25, 0.3) is 15.9 Å². The van der Waals surface area contributed by atoms with Gasteiger partial charge in [0.1, 0.15) is 6.61 Å². The van der Waals surface area contributed by atoms with Crippen molar-refractivity contribution in [2.24, 2.45) is 11.3 Å². The second-order valence-electron chi connectivity index (χ2n) is 13.7. The van der Waals surface area contributed by atoms with Gasteiger partial charge in [0.15, 0.2) is 0 Å². The van der Waals surface area contributed by atoms with Crippen molar-refractivity contribution < 1.29 is 22.7 Å². The van der Waals surface area contributed by atoms with Crippen molar-refractivity contribution in [1.82, 2.24) is 20.2 Å². The zero-order valence-electron chi connectivity index (χ0n) is 27.0. The lowest BCUT2D eigenvalue weighted by Gasteiger charge is -2.47. The van der Waals surface area contributed by atoms with Crippen molar-refractivity contribution in [3.63, 3.8) is 0 Å². The molecule has 5 rings (SSSR count). The maximum atomic E-state index is 14.3. The number of benzene rings is 2. The monoisotopic (exact) mass is 633 g/mol. The van der Waals surface area contributed by atoms with Gasteiger partial charge in [0.05, 0.1) is 16.6 Å². The molecule has 0 radical (unpaired) electrons. The highest BCUT2D eigenvalue weighted by molar-refractivity contribution is 7.92. The van der Waals surface area contributed by atoms with Crippen LogP contribution < -0.4 is 14.8 Å². The molecule has 2 heterocycles. The molecule has 1 fully saturated rings. The van der Waals surface area contributed by atoms with Crippen LogP contribution in [0.2, 0.25) is 0 Å². The predicted octanol–water partition coefficient (Wildman–Crippen LogP) is 5.50. The summed E-state index contributed by atoms with van der Waals surface area (Å²) in [6, 6.07) is 13.1. The van der Waals surface area contributed by atoms with Crippen molar-refractivity contribution in [3.8, 4) is 17.1 Å². The van der Waals surface area contributed by atoms with Crippen LogP contribution in [0, 0.1) is 25.2 Å². The summed E-state index contributed by atoms with van der Waals surface area (Å²) >= 11 is 0. The molecule has 11 heteroatoms. The van der Waals surface area contributed by atoms with E-state index in [4.69, 9.17) is 4.74 Å². The van der Waals surface area contributed by atoms with Crippen LogP contribution in [-0.2, 0) is 14.8 Å². The van der Waals surface area contributed by atoms with Gasteiger partial charge < -0.3 is 15.0 Å². The molecule has 10 nitrogen and oxygen atoms in total. The molecule has 2 aromatic carbocycles. The zero-order chi connectivity index (χ0) is 32.7. The lowest BCUT2D eigenvalue weighted by molar-refractivity contribution is -0.125. The Morgan fingerprint density at radius 3 is 2.38 bits per heavy atom. The van der Waals surface area contributed by atoms with Crippen LogP contribution in [0.15, 0.2) is 53.4 Å². The fourth-order valence-corrected chi connectivity index (χ4v) is 7.06. The molecule has 1 aliphatic carbocycles. The number of ether oxygens (including phenoxy) is 1. The fraction of sp³-hybridized carbons (Fsp3) is 0.471. The molecule has 240 valence electrons. The van der Waals surface area contributed by atoms with Gasteiger partial charge >= 0.3 is 0 Å². The third kappa shape index (κ3) is 7.30. The summed E-state index contributed by atoms with van der Waals surface area (Å²) in [4.78, 5) is 37.5. The van der Waals surface area contributed by atoms with E-state index in [2.05, 4.69) is 40.8 Å². The van der Waals surface area contributed by atoms with Crippen LogP contribution in [0.3, 0.4) is 0 Å². The topological polar surface area (TPSA) is 131 Å². The third-order valence-corrected chi connectivity index (χ3v) is 9.66. The molecule has 4 bridgehead atoms. The van der Waals surface area contributed by atoms with Gasteiger partial charge in [-0.05, 0) is 67.9 Å². The number of carbonyl (C=O) groups is 2. The quantitative estimate of drug-likeness (QED) is 0.379. The standard InChI is InChI=1S/C34H43N5O5S/c1-20(2)31(40)35-24-15-25(16-24)39-26(18-34(5,6)7)19-44-29-17-28(30-21(3)10-8-11-22(30)4)36-33(37-29)38-45(42,43)27-13-9-12-23(14-27)32(39)41/h8-14,17,20,24-26H,15-16,18-19H2,1-7H3,(H,35,40)(H,36,37,38)/t24?,25?,26-/m1/s1. The number of anilines is 1. The van der Waals surface area contributed by atoms with Gasteiger partial charge in [-0.1, -0.05) is 58.9 Å². The van der Waals surface area contributed by atoms with Crippen LogP contribution in [0.4, 0.5) is 5.95 Å². The number of sulfonamides is 1. The van der Waals surface area contributed by atoms with Crippen LogP contribution in [-0.4, -0.2) is 59.8 Å². The van der Waals surface area contributed by atoms with Crippen LogP contribution >= 0.6 is 0 Å². The number of nitrogens with zero attached hydrogens (tertiary/aromatic N) is 3. The summed E-state index contributed by atoms with van der Waals surface area (Å²) in [7, 11) is -4.15. The average molecular weight is 634 g/mol. The maximum Gasteiger partial charge on any atom is 0.264 e. The number of fused-ring (bicyclic) bond motifs is 4. The lowest BCUT2D eigenvalue weighted by atomic mass is 9.81. The number of aryl methyl sites for hydroxylation is 2. The van der Waals surface area contributed by atoms with E-state index in [1.807, 2.05) is 50.8 Å². The van der Waals surface area contributed by atoms with E-state index in [1.54, 1.807) is 18.2 Å². The van der Waals surface area contributed by atoms with Gasteiger partial charge in [-0.3, -0.25) is 9.59 Å². The van der Waals surface area contributed by atoms with Gasteiger partial charge in [0.2, 0.25) is 17.7 Å². The molecule has 3 aromatic rings. The van der Waals surface area contributed by atoms with Crippen LogP contribution in [0.5, 0.6) is 5.88 Å². The van der Waals surface area contributed by atoms with E-state index in [1.165, 1.54) is 12.1 Å². The van der Waals surface area contributed by atoms with E-state index in [0.717, 1.165) is 16.7 Å². The summed E-state index contributed by atoms with van der Waals surface area (Å²) in [6.45, 7) is 14.1. The molecule has 0 saturated heterocycles.